The molecule has 0 bridgehead atoms. The molecule has 5 nitrogen and oxygen atoms in total. The highest BCUT2D eigenvalue weighted by Crippen LogP contribution is 2.32. The van der Waals surface area contributed by atoms with Gasteiger partial charge in [0.2, 0.25) is 0 Å². The molecule has 1 fully saturated rings. The van der Waals surface area contributed by atoms with E-state index in [0.29, 0.717) is 24.5 Å². The van der Waals surface area contributed by atoms with Gasteiger partial charge in [0.25, 0.3) is 5.91 Å². The van der Waals surface area contributed by atoms with E-state index >= 15 is 0 Å². The number of hydrogen-bond donors (Lipinski definition) is 3. The highest BCUT2D eigenvalue weighted by atomic mass is 16.5. The first kappa shape index (κ1) is 13.2. The van der Waals surface area contributed by atoms with Crippen LogP contribution in [0.3, 0.4) is 0 Å². The first-order chi connectivity index (χ1) is 9.68. The Labute approximate surface area is 118 Å². The second-order valence-electron chi connectivity index (χ2n) is 5.57. The van der Waals surface area contributed by atoms with E-state index in [-0.39, 0.29) is 5.91 Å². The van der Waals surface area contributed by atoms with Crippen molar-refractivity contribution in [2.75, 3.05) is 25.0 Å². The molecule has 1 amide bonds. The summed E-state index contributed by atoms with van der Waals surface area (Å²) in [4.78, 5) is 12.3. The average Bonchev–Trinajstić information content (AvgIpc) is 2.91. The monoisotopic (exact) mass is 276 g/mol. The van der Waals surface area contributed by atoms with Gasteiger partial charge in [0.15, 0.2) is 5.75 Å². The number of para-hydroxylation sites is 1. The van der Waals surface area contributed by atoms with E-state index in [2.05, 4.69) is 10.6 Å². The third kappa shape index (κ3) is 2.58. The van der Waals surface area contributed by atoms with Gasteiger partial charge in [-0.3, -0.25) is 4.79 Å². The molecule has 1 saturated carbocycles. The zero-order chi connectivity index (χ0) is 14.0. The molecule has 0 atom stereocenters. The number of nitrogens with one attached hydrogen (secondary N) is 2. The maximum Gasteiger partial charge on any atom is 0.255 e. The zero-order valence-corrected chi connectivity index (χ0v) is 11.4. The SMILES string of the molecule is O=C(NCC1(O)CCCC1)c1cccc2c1OCCN2. The fourth-order valence-electron chi connectivity index (χ4n) is 2.90. The molecule has 1 heterocycles. The van der Waals surface area contributed by atoms with Crippen LogP contribution in [-0.2, 0) is 0 Å². The molecular formula is C15H20N2O3. The summed E-state index contributed by atoms with van der Waals surface area (Å²) in [5.41, 5.74) is 0.642. The van der Waals surface area contributed by atoms with Crippen LogP contribution >= 0.6 is 0 Å². The van der Waals surface area contributed by atoms with Gasteiger partial charge < -0.3 is 20.5 Å². The van der Waals surface area contributed by atoms with Crippen molar-refractivity contribution in [3.05, 3.63) is 23.8 Å². The summed E-state index contributed by atoms with van der Waals surface area (Å²) >= 11 is 0. The van der Waals surface area contributed by atoms with Crippen LogP contribution in [0.25, 0.3) is 0 Å². The quantitative estimate of drug-likeness (QED) is 0.783. The molecule has 2 aliphatic rings. The molecule has 0 saturated heterocycles. The Bertz CT molecular complexity index is 510. The molecule has 0 spiro atoms. The minimum atomic E-state index is -0.733. The molecular weight excluding hydrogens is 256 g/mol. The van der Waals surface area contributed by atoms with Crippen molar-refractivity contribution >= 4 is 11.6 Å². The maximum atomic E-state index is 12.3. The van der Waals surface area contributed by atoms with E-state index in [1.165, 1.54) is 0 Å². The first-order valence-electron chi connectivity index (χ1n) is 7.18. The average molecular weight is 276 g/mol. The smallest absolute Gasteiger partial charge is 0.255 e. The fraction of sp³-hybridized carbons (Fsp3) is 0.533. The molecule has 1 aromatic carbocycles. The van der Waals surface area contributed by atoms with Crippen LogP contribution in [0.4, 0.5) is 5.69 Å². The van der Waals surface area contributed by atoms with E-state index in [4.69, 9.17) is 4.74 Å². The highest BCUT2D eigenvalue weighted by Gasteiger charge is 2.31. The van der Waals surface area contributed by atoms with Crippen molar-refractivity contribution in [1.29, 1.82) is 0 Å². The van der Waals surface area contributed by atoms with Gasteiger partial charge in [0.05, 0.1) is 16.9 Å². The van der Waals surface area contributed by atoms with Gasteiger partial charge in [-0.15, -0.1) is 0 Å². The summed E-state index contributed by atoms with van der Waals surface area (Å²) in [6.45, 7) is 1.61. The van der Waals surface area contributed by atoms with Crippen LogP contribution in [0.15, 0.2) is 18.2 Å². The molecule has 3 rings (SSSR count). The number of aliphatic hydroxyl groups is 1. The summed E-state index contributed by atoms with van der Waals surface area (Å²) in [6, 6.07) is 5.48. The van der Waals surface area contributed by atoms with Gasteiger partial charge >= 0.3 is 0 Å². The topological polar surface area (TPSA) is 70.6 Å². The number of carbonyl (C=O) groups is 1. The summed E-state index contributed by atoms with van der Waals surface area (Å²) in [7, 11) is 0. The van der Waals surface area contributed by atoms with E-state index in [9.17, 15) is 9.90 Å². The van der Waals surface area contributed by atoms with Gasteiger partial charge in [-0.2, -0.15) is 0 Å². The van der Waals surface area contributed by atoms with Gasteiger partial charge in [0, 0.05) is 13.1 Å². The van der Waals surface area contributed by atoms with Crippen LogP contribution in [0.1, 0.15) is 36.0 Å². The number of ether oxygens (including phenoxy) is 1. The third-order valence-electron chi connectivity index (χ3n) is 4.04. The molecule has 3 N–H and O–H groups in total. The molecule has 1 aromatic rings. The van der Waals surface area contributed by atoms with Gasteiger partial charge in [-0.25, -0.2) is 0 Å². The summed E-state index contributed by atoms with van der Waals surface area (Å²) in [6.07, 6.45) is 3.58. The molecule has 1 aliphatic heterocycles. The lowest BCUT2D eigenvalue weighted by atomic mass is 10.0. The van der Waals surface area contributed by atoms with Crippen molar-refractivity contribution < 1.29 is 14.6 Å². The van der Waals surface area contributed by atoms with Crippen molar-refractivity contribution in [1.82, 2.24) is 5.32 Å². The number of amides is 1. The van der Waals surface area contributed by atoms with Crippen LogP contribution in [0, 0.1) is 0 Å². The number of rotatable bonds is 3. The van der Waals surface area contributed by atoms with Gasteiger partial charge in [0.1, 0.15) is 6.61 Å². The largest absolute Gasteiger partial charge is 0.489 e. The van der Waals surface area contributed by atoms with Gasteiger partial charge in [-0.05, 0) is 25.0 Å². The van der Waals surface area contributed by atoms with Crippen LogP contribution in [-0.4, -0.2) is 36.3 Å². The lowest BCUT2D eigenvalue weighted by Gasteiger charge is -2.24. The standard InChI is InChI=1S/C15H20N2O3/c18-14(17-10-15(19)6-1-2-7-15)11-4-3-5-12-13(11)20-9-8-16-12/h3-5,16,19H,1-2,6-10H2,(H,17,18). The summed E-state index contributed by atoms with van der Waals surface area (Å²) < 4.78 is 5.59. The van der Waals surface area contributed by atoms with Crippen molar-refractivity contribution in [2.45, 2.75) is 31.3 Å². The Kier molecular flexibility index (Phi) is 3.53. The minimum Gasteiger partial charge on any atom is -0.489 e. The number of fused-ring (bicyclic) bond motifs is 1. The van der Waals surface area contributed by atoms with E-state index in [1.54, 1.807) is 6.07 Å². The van der Waals surface area contributed by atoms with Crippen molar-refractivity contribution in [3.8, 4) is 5.75 Å². The Balaban J connectivity index is 1.71. The molecule has 0 unspecified atom stereocenters. The first-order valence-corrected chi connectivity index (χ1v) is 7.18. The zero-order valence-electron chi connectivity index (χ0n) is 11.4. The Morgan fingerprint density at radius 1 is 1.40 bits per heavy atom. The lowest BCUT2D eigenvalue weighted by molar-refractivity contribution is 0.0449. The second kappa shape index (κ2) is 5.32. The number of benzene rings is 1. The second-order valence-corrected chi connectivity index (χ2v) is 5.57. The Hall–Kier alpha value is -1.75. The predicted octanol–water partition coefficient (Wildman–Crippen LogP) is 1.53. The van der Waals surface area contributed by atoms with Crippen molar-refractivity contribution in [3.63, 3.8) is 0 Å². The van der Waals surface area contributed by atoms with E-state index < -0.39 is 5.60 Å². The van der Waals surface area contributed by atoms with E-state index in [0.717, 1.165) is 37.9 Å². The lowest BCUT2D eigenvalue weighted by Crippen LogP contribution is -2.41. The van der Waals surface area contributed by atoms with Gasteiger partial charge in [-0.1, -0.05) is 18.9 Å². The Morgan fingerprint density at radius 3 is 3.00 bits per heavy atom. The highest BCUT2D eigenvalue weighted by molar-refractivity contribution is 5.99. The molecule has 1 aliphatic carbocycles. The van der Waals surface area contributed by atoms with Crippen LogP contribution in [0.5, 0.6) is 5.75 Å². The Morgan fingerprint density at radius 2 is 2.20 bits per heavy atom. The predicted molar refractivity (Wildman–Crippen MR) is 76.2 cm³/mol. The van der Waals surface area contributed by atoms with E-state index in [1.807, 2.05) is 12.1 Å². The van der Waals surface area contributed by atoms with Crippen LogP contribution < -0.4 is 15.4 Å². The molecule has 5 heteroatoms. The summed E-state index contributed by atoms with van der Waals surface area (Å²) in [5.74, 6) is 0.417. The maximum absolute atomic E-state index is 12.3. The fourth-order valence-corrected chi connectivity index (χ4v) is 2.90. The minimum absolute atomic E-state index is 0.189. The molecule has 0 aromatic heterocycles. The number of carbonyl (C=O) groups excluding carboxylic acids is 1. The number of hydrogen-bond acceptors (Lipinski definition) is 4. The molecule has 0 radical (unpaired) electrons. The normalized spacial score (nSPS) is 19.6. The number of anilines is 1. The third-order valence-corrected chi connectivity index (χ3v) is 4.04. The molecule has 108 valence electrons. The molecule has 20 heavy (non-hydrogen) atoms. The summed E-state index contributed by atoms with van der Waals surface area (Å²) in [5, 5.41) is 16.3. The van der Waals surface area contributed by atoms with Crippen molar-refractivity contribution in [2.24, 2.45) is 0 Å². The van der Waals surface area contributed by atoms with Crippen LogP contribution in [0.2, 0.25) is 0 Å².